The molecule has 8 nitrogen and oxygen atoms in total. The number of hydrogen-bond acceptors (Lipinski definition) is 5. The van der Waals surface area contributed by atoms with Gasteiger partial charge in [0.1, 0.15) is 11.5 Å². The number of amides is 2. The molecule has 174 valence electrons. The highest BCUT2D eigenvalue weighted by molar-refractivity contribution is 5.84. The Bertz CT molecular complexity index is 878. The number of rotatable bonds is 6. The maximum absolute atomic E-state index is 13.1. The highest BCUT2D eigenvalue weighted by Gasteiger charge is 2.44. The summed E-state index contributed by atoms with van der Waals surface area (Å²) in [5.74, 6) is 1.63. The van der Waals surface area contributed by atoms with Crippen molar-refractivity contribution in [3.63, 3.8) is 0 Å². The zero-order chi connectivity index (χ0) is 22.3. The molecule has 0 radical (unpaired) electrons. The number of hydrogen-bond donors (Lipinski definition) is 3. The van der Waals surface area contributed by atoms with Gasteiger partial charge in [-0.25, -0.2) is 4.98 Å². The van der Waals surface area contributed by atoms with Gasteiger partial charge in [-0.05, 0) is 51.3 Å². The Kier molecular flexibility index (Phi) is 7.63. The van der Waals surface area contributed by atoms with Crippen molar-refractivity contribution in [1.29, 1.82) is 0 Å². The fourth-order valence-corrected chi connectivity index (χ4v) is 5.07. The molecule has 2 fully saturated rings. The monoisotopic (exact) mass is 441 g/mol. The summed E-state index contributed by atoms with van der Waals surface area (Å²) in [6.45, 7) is 4.83. The van der Waals surface area contributed by atoms with E-state index in [1.165, 1.54) is 0 Å². The summed E-state index contributed by atoms with van der Waals surface area (Å²) in [6.07, 6.45) is 9.82. The molecule has 1 saturated carbocycles. The molecule has 2 aliphatic rings. The van der Waals surface area contributed by atoms with Gasteiger partial charge < -0.3 is 20.0 Å². The van der Waals surface area contributed by atoms with E-state index in [4.69, 9.17) is 4.42 Å². The first-order valence-corrected chi connectivity index (χ1v) is 11.9. The van der Waals surface area contributed by atoms with Crippen LogP contribution in [0.3, 0.4) is 0 Å². The van der Waals surface area contributed by atoms with E-state index in [0.717, 1.165) is 62.4 Å². The molecule has 2 amide bonds. The second-order valence-electron chi connectivity index (χ2n) is 9.15. The molecule has 0 bridgehead atoms. The Morgan fingerprint density at radius 3 is 2.91 bits per heavy atom. The van der Waals surface area contributed by atoms with E-state index >= 15 is 0 Å². The number of carbonyl (C=O) groups excluding carboxylic acids is 2. The van der Waals surface area contributed by atoms with Gasteiger partial charge in [0.05, 0.1) is 18.8 Å². The van der Waals surface area contributed by atoms with E-state index in [-0.39, 0.29) is 29.7 Å². The molecule has 1 aliphatic carbocycles. The van der Waals surface area contributed by atoms with Gasteiger partial charge in [-0.2, -0.15) is 0 Å². The summed E-state index contributed by atoms with van der Waals surface area (Å²) in [5.41, 5.74) is 1.00. The Morgan fingerprint density at radius 1 is 1.25 bits per heavy atom. The molecule has 3 N–H and O–H groups in total. The average molecular weight is 442 g/mol. The number of aromatic amines is 1. The normalized spacial score (nSPS) is 25.0. The van der Waals surface area contributed by atoms with Crippen molar-refractivity contribution < 1.29 is 14.0 Å². The van der Waals surface area contributed by atoms with Gasteiger partial charge in [0.2, 0.25) is 11.8 Å². The minimum atomic E-state index is -0.174. The van der Waals surface area contributed by atoms with Gasteiger partial charge in [0.15, 0.2) is 0 Å². The topological polar surface area (TPSA) is 103 Å². The molecule has 1 saturated heterocycles. The fourth-order valence-electron chi connectivity index (χ4n) is 5.07. The van der Waals surface area contributed by atoms with Gasteiger partial charge in [-0.3, -0.25) is 14.5 Å². The predicted molar refractivity (Wildman–Crippen MR) is 121 cm³/mol. The molecular weight excluding hydrogens is 406 g/mol. The van der Waals surface area contributed by atoms with Crippen molar-refractivity contribution in [2.45, 2.75) is 64.5 Å². The number of H-pyrrole nitrogens is 1. The first kappa shape index (κ1) is 22.6. The maximum Gasteiger partial charge on any atom is 0.224 e. The van der Waals surface area contributed by atoms with Crippen molar-refractivity contribution in [3.8, 4) is 0 Å². The summed E-state index contributed by atoms with van der Waals surface area (Å²) >= 11 is 0. The van der Waals surface area contributed by atoms with Crippen molar-refractivity contribution in [2.75, 3.05) is 19.6 Å². The number of carbonyl (C=O) groups is 2. The lowest BCUT2D eigenvalue weighted by Gasteiger charge is -2.31. The number of nitrogens with zero attached hydrogens (tertiary/aromatic N) is 2. The molecule has 3 heterocycles. The van der Waals surface area contributed by atoms with Crippen LogP contribution in [0, 0.1) is 18.8 Å². The van der Waals surface area contributed by atoms with Gasteiger partial charge in [-0.15, -0.1) is 0 Å². The van der Waals surface area contributed by atoms with Gasteiger partial charge in [0.25, 0.3) is 0 Å². The molecule has 2 aromatic heterocycles. The Balaban J connectivity index is 1.44. The maximum atomic E-state index is 13.1. The molecule has 8 heteroatoms. The Morgan fingerprint density at radius 2 is 2.12 bits per heavy atom. The molecule has 3 atom stereocenters. The first-order chi connectivity index (χ1) is 15.6. The van der Waals surface area contributed by atoms with Crippen LogP contribution in [0.2, 0.25) is 0 Å². The van der Waals surface area contributed by atoms with Crippen LogP contribution in [0.25, 0.3) is 0 Å². The molecule has 3 unspecified atom stereocenters. The molecule has 4 rings (SSSR count). The van der Waals surface area contributed by atoms with E-state index in [9.17, 15) is 9.59 Å². The van der Waals surface area contributed by atoms with Crippen LogP contribution in [0.1, 0.15) is 55.7 Å². The average Bonchev–Trinajstić information content (AvgIpc) is 3.52. The zero-order valence-corrected chi connectivity index (χ0v) is 18.9. The van der Waals surface area contributed by atoms with Crippen molar-refractivity contribution in [3.05, 3.63) is 41.9 Å². The smallest absolute Gasteiger partial charge is 0.224 e. The second-order valence-corrected chi connectivity index (χ2v) is 9.15. The third kappa shape index (κ3) is 5.79. The standard InChI is InChI=1S/C24H35N5O3/c1-17-6-7-20(32-17)15-29-11-5-3-2-4-9-26-24(31)21-12-18(13-22(21)29)23(30)27-10-8-19-14-25-16-28-19/h6-7,14,16,18,21-22H,2-5,8-13,15H2,1H3,(H,25,28)(H,26,31)(H,27,30). The van der Waals surface area contributed by atoms with Crippen LogP contribution in [-0.4, -0.2) is 52.4 Å². The third-order valence-corrected chi connectivity index (χ3v) is 6.78. The third-order valence-electron chi connectivity index (χ3n) is 6.78. The minimum absolute atomic E-state index is 0.0434. The molecule has 32 heavy (non-hydrogen) atoms. The number of fused-ring (bicyclic) bond motifs is 1. The number of nitrogens with one attached hydrogen (secondary N) is 3. The van der Waals surface area contributed by atoms with Gasteiger partial charge >= 0.3 is 0 Å². The van der Waals surface area contributed by atoms with E-state index in [0.29, 0.717) is 25.9 Å². The van der Waals surface area contributed by atoms with Crippen molar-refractivity contribution in [1.82, 2.24) is 25.5 Å². The second kappa shape index (κ2) is 10.8. The quantitative estimate of drug-likeness (QED) is 0.639. The number of aryl methyl sites for hydroxylation is 1. The number of imidazole rings is 1. The number of aromatic nitrogens is 2. The SMILES string of the molecule is Cc1ccc(CN2CCCCCCNC(=O)C3CC(C(=O)NCCc4cnc[nH]4)CC32)o1. The zero-order valence-electron chi connectivity index (χ0n) is 18.9. The lowest BCUT2D eigenvalue weighted by atomic mass is 10.00. The number of furan rings is 1. The van der Waals surface area contributed by atoms with Crippen LogP contribution in [0.15, 0.2) is 29.1 Å². The van der Waals surface area contributed by atoms with Crippen LogP contribution in [0.5, 0.6) is 0 Å². The molecule has 0 spiro atoms. The van der Waals surface area contributed by atoms with E-state index in [1.54, 1.807) is 12.5 Å². The van der Waals surface area contributed by atoms with Crippen LogP contribution < -0.4 is 10.6 Å². The molecule has 1 aliphatic heterocycles. The summed E-state index contributed by atoms with van der Waals surface area (Å²) in [7, 11) is 0. The summed E-state index contributed by atoms with van der Waals surface area (Å²) < 4.78 is 5.85. The first-order valence-electron chi connectivity index (χ1n) is 11.9. The van der Waals surface area contributed by atoms with Crippen LogP contribution in [-0.2, 0) is 22.6 Å². The summed E-state index contributed by atoms with van der Waals surface area (Å²) in [4.78, 5) is 35.5. The predicted octanol–water partition coefficient (Wildman–Crippen LogP) is 2.56. The van der Waals surface area contributed by atoms with E-state index in [2.05, 4.69) is 25.5 Å². The Labute approximate surface area is 189 Å². The summed E-state index contributed by atoms with van der Waals surface area (Å²) in [5, 5.41) is 6.20. The van der Waals surface area contributed by atoms with Gasteiger partial charge in [0, 0.05) is 43.4 Å². The van der Waals surface area contributed by atoms with Crippen LogP contribution in [0.4, 0.5) is 0 Å². The lowest BCUT2D eigenvalue weighted by molar-refractivity contribution is -0.127. The van der Waals surface area contributed by atoms with E-state index in [1.807, 2.05) is 19.1 Å². The van der Waals surface area contributed by atoms with E-state index < -0.39 is 0 Å². The minimum Gasteiger partial charge on any atom is -0.465 e. The fraction of sp³-hybridized carbons (Fsp3) is 0.625. The van der Waals surface area contributed by atoms with Crippen molar-refractivity contribution >= 4 is 11.8 Å². The lowest BCUT2D eigenvalue weighted by Crippen LogP contribution is -2.44. The molecular formula is C24H35N5O3. The summed E-state index contributed by atoms with van der Waals surface area (Å²) in [6, 6.07) is 4.04. The van der Waals surface area contributed by atoms with Crippen molar-refractivity contribution in [2.24, 2.45) is 11.8 Å². The Hall–Kier alpha value is -2.61. The van der Waals surface area contributed by atoms with Crippen LogP contribution >= 0.6 is 0 Å². The van der Waals surface area contributed by atoms with Gasteiger partial charge in [-0.1, -0.05) is 12.8 Å². The molecule has 0 aromatic carbocycles. The largest absolute Gasteiger partial charge is 0.465 e. The highest BCUT2D eigenvalue weighted by atomic mass is 16.3. The highest BCUT2D eigenvalue weighted by Crippen LogP contribution is 2.36. The molecule has 2 aromatic rings.